The molecular formula is C6H10N4. The zero-order valence-electron chi connectivity index (χ0n) is 5.83. The molecule has 0 fully saturated rings. The highest BCUT2D eigenvalue weighted by Gasteiger charge is 1.90. The Morgan fingerprint density at radius 1 is 1.70 bits per heavy atom. The maximum Gasteiger partial charge on any atom is 0.221 e. The van der Waals surface area contributed by atoms with Crippen molar-refractivity contribution in [1.29, 1.82) is 0 Å². The van der Waals surface area contributed by atoms with E-state index in [9.17, 15) is 0 Å². The molecule has 0 amide bonds. The van der Waals surface area contributed by atoms with E-state index in [1.165, 1.54) is 0 Å². The van der Waals surface area contributed by atoms with Crippen molar-refractivity contribution in [1.82, 2.24) is 9.97 Å². The van der Waals surface area contributed by atoms with Crippen molar-refractivity contribution >= 4 is 11.8 Å². The summed E-state index contributed by atoms with van der Waals surface area (Å²) in [4.78, 5) is 7.67. The van der Waals surface area contributed by atoms with Gasteiger partial charge in [0, 0.05) is 12.7 Å². The van der Waals surface area contributed by atoms with Gasteiger partial charge >= 0.3 is 0 Å². The quantitative estimate of drug-likeness (QED) is 0.624. The van der Waals surface area contributed by atoms with Crippen LogP contribution in [-0.2, 0) is 0 Å². The highest BCUT2D eigenvalue weighted by Crippen LogP contribution is 2.00. The third kappa shape index (κ3) is 1.58. The van der Waals surface area contributed by atoms with Gasteiger partial charge in [-0.2, -0.15) is 4.98 Å². The summed E-state index contributed by atoms with van der Waals surface area (Å²) in [7, 11) is 0. The topological polar surface area (TPSA) is 63.8 Å². The molecule has 0 aromatic carbocycles. The van der Waals surface area contributed by atoms with Gasteiger partial charge in [0.1, 0.15) is 5.82 Å². The first kappa shape index (κ1) is 6.80. The van der Waals surface area contributed by atoms with Gasteiger partial charge in [0.15, 0.2) is 0 Å². The number of rotatable bonds is 2. The van der Waals surface area contributed by atoms with Gasteiger partial charge in [-0.05, 0) is 13.0 Å². The number of aromatic nitrogens is 2. The molecule has 0 saturated carbocycles. The van der Waals surface area contributed by atoms with Gasteiger partial charge in [0.05, 0.1) is 0 Å². The van der Waals surface area contributed by atoms with E-state index in [0.29, 0.717) is 5.95 Å². The van der Waals surface area contributed by atoms with E-state index >= 15 is 0 Å². The SMILES string of the molecule is CCNc1ccnc(N)n1. The van der Waals surface area contributed by atoms with Crippen molar-refractivity contribution in [2.45, 2.75) is 6.92 Å². The van der Waals surface area contributed by atoms with Crippen LogP contribution >= 0.6 is 0 Å². The fourth-order valence-corrected chi connectivity index (χ4v) is 0.653. The Labute approximate surface area is 59.5 Å². The van der Waals surface area contributed by atoms with Gasteiger partial charge in [-0.15, -0.1) is 0 Å². The molecule has 0 bridgehead atoms. The Morgan fingerprint density at radius 2 is 2.50 bits per heavy atom. The van der Waals surface area contributed by atoms with Gasteiger partial charge in [-0.3, -0.25) is 0 Å². The summed E-state index contributed by atoms with van der Waals surface area (Å²) in [6.45, 7) is 2.84. The van der Waals surface area contributed by atoms with E-state index in [1.807, 2.05) is 6.92 Å². The fourth-order valence-electron chi connectivity index (χ4n) is 0.653. The van der Waals surface area contributed by atoms with Crippen LogP contribution in [0.2, 0.25) is 0 Å². The number of nitrogens with two attached hydrogens (primary N) is 1. The molecule has 4 heteroatoms. The molecule has 0 aliphatic carbocycles. The van der Waals surface area contributed by atoms with Crippen molar-refractivity contribution in [3.05, 3.63) is 12.3 Å². The first-order chi connectivity index (χ1) is 4.83. The third-order valence-electron chi connectivity index (χ3n) is 1.03. The van der Waals surface area contributed by atoms with E-state index in [-0.39, 0.29) is 0 Å². The lowest BCUT2D eigenvalue weighted by Crippen LogP contribution is -2.02. The zero-order chi connectivity index (χ0) is 7.40. The van der Waals surface area contributed by atoms with E-state index in [2.05, 4.69) is 15.3 Å². The van der Waals surface area contributed by atoms with E-state index in [0.717, 1.165) is 12.4 Å². The van der Waals surface area contributed by atoms with Gasteiger partial charge in [0.2, 0.25) is 5.95 Å². The van der Waals surface area contributed by atoms with Crippen molar-refractivity contribution in [2.75, 3.05) is 17.6 Å². The maximum absolute atomic E-state index is 5.33. The molecule has 1 aromatic rings. The lowest BCUT2D eigenvalue weighted by molar-refractivity contribution is 1.12. The molecule has 1 rings (SSSR count). The second-order valence-electron chi connectivity index (χ2n) is 1.83. The number of hydrogen-bond acceptors (Lipinski definition) is 4. The van der Waals surface area contributed by atoms with E-state index in [4.69, 9.17) is 5.73 Å². The monoisotopic (exact) mass is 138 g/mol. The summed E-state index contributed by atoms with van der Waals surface area (Å²) in [6, 6.07) is 1.78. The molecule has 4 nitrogen and oxygen atoms in total. The molecule has 1 aromatic heterocycles. The molecule has 0 aliphatic rings. The summed E-state index contributed by atoms with van der Waals surface area (Å²) >= 11 is 0. The summed E-state index contributed by atoms with van der Waals surface area (Å²) in [5.74, 6) is 1.08. The second-order valence-corrected chi connectivity index (χ2v) is 1.83. The average molecular weight is 138 g/mol. The molecule has 0 radical (unpaired) electrons. The fraction of sp³-hybridized carbons (Fsp3) is 0.333. The number of nitrogen functional groups attached to an aromatic ring is 1. The molecule has 0 unspecified atom stereocenters. The van der Waals surface area contributed by atoms with Gasteiger partial charge in [-0.25, -0.2) is 4.98 Å². The Bertz CT molecular complexity index is 211. The highest BCUT2D eigenvalue weighted by molar-refractivity contribution is 5.36. The van der Waals surface area contributed by atoms with Crippen molar-refractivity contribution in [2.24, 2.45) is 0 Å². The minimum Gasteiger partial charge on any atom is -0.370 e. The molecule has 0 spiro atoms. The van der Waals surface area contributed by atoms with Crippen LogP contribution in [0.15, 0.2) is 12.3 Å². The summed E-state index contributed by atoms with van der Waals surface area (Å²) in [5, 5.41) is 3.02. The van der Waals surface area contributed by atoms with E-state index < -0.39 is 0 Å². The summed E-state index contributed by atoms with van der Waals surface area (Å²) < 4.78 is 0. The van der Waals surface area contributed by atoms with Crippen LogP contribution < -0.4 is 11.1 Å². The van der Waals surface area contributed by atoms with Crippen LogP contribution in [-0.4, -0.2) is 16.5 Å². The largest absolute Gasteiger partial charge is 0.370 e. The Morgan fingerprint density at radius 3 is 3.10 bits per heavy atom. The number of nitrogens with one attached hydrogen (secondary N) is 1. The van der Waals surface area contributed by atoms with Gasteiger partial charge in [-0.1, -0.05) is 0 Å². The number of anilines is 2. The Balaban J connectivity index is 2.75. The van der Waals surface area contributed by atoms with Crippen LogP contribution in [0.3, 0.4) is 0 Å². The smallest absolute Gasteiger partial charge is 0.221 e. The molecule has 54 valence electrons. The molecule has 0 aliphatic heterocycles. The van der Waals surface area contributed by atoms with Crippen molar-refractivity contribution in [3.8, 4) is 0 Å². The summed E-state index contributed by atoms with van der Waals surface area (Å²) in [6.07, 6.45) is 1.63. The molecule has 0 atom stereocenters. The predicted molar refractivity (Wildman–Crippen MR) is 40.6 cm³/mol. The van der Waals surface area contributed by atoms with Crippen LogP contribution in [0.4, 0.5) is 11.8 Å². The van der Waals surface area contributed by atoms with Gasteiger partial charge in [0.25, 0.3) is 0 Å². The number of hydrogen-bond donors (Lipinski definition) is 2. The standard InChI is InChI=1S/C6H10N4/c1-2-8-5-3-4-9-6(7)10-5/h3-4H,2H2,1H3,(H3,7,8,9,10). The first-order valence-corrected chi connectivity index (χ1v) is 3.15. The third-order valence-corrected chi connectivity index (χ3v) is 1.03. The minimum absolute atomic E-state index is 0.304. The normalized spacial score (nSPS) is 9.30. The molecule has 3 N–H and O–H groups in total. The highest BCUT2D eigenvalue weighted by atomic mass is 15.1. The van der Waals surface area contributed by atoms with Crippen molar-refractivity contribution < 1.29 is 0 Å². The molecule has 1 heterocycles. The van der Waals surface area contributed by atoms with Crippen molar-refractivity contribution in [3.63, 3.8) is 0 Å². The second kappa shape index (κ2) is 3.00. The van der Waals surface area contributed by atoms with E-state index in [1.54, 1.807) is 12.3 Å². The van der Waals surface area contributed by atoms with Crippen LogP contribution in [0.5, 0.6) is 0 Å². The van der Waals surface area contributed by atoms with Gasteiger partial charge < -0.3 is 11.1 Å². The van der Waals surface area contributed by atoms with Crippen LogP contribution in [0.25, 0.3) is 0 Å². The lowest BCUT2D eigenvalue weighted by Gasteiger charge is -1.99. The Kier molecular flexibility index (Phi) is 2.04. The predicted octanol–water partition coefficient (Wildman–Crippen LogP) is 0.491. The molecule has 0 saturated heterocycles. The molecular weight excluding hydrogens is 128 g/mol. The van der Waals surface area contributed by atoms with Crippen LogP contribution in [0, 0.1) is 0 Å². The van der Waals surface area contributed by atoms with Crippen LogP contribution in [0.1, 0.15) is 6.92 Å². The lowest BCUT2D eigenvalue weighted by atomic mass is 10.5. The first-order valence-electron chi connectivity index (χ1n) is 3.15. The summed E-state index contributed by atoms with van der Waals surface area (Å²) in [5.41, 5.74) is 5.33. The Hall–Kier alpha value is -1.32. The minimum atomic E-state index is 0.304. The average Bonchev–Trinajstić information content (AvgIpc) is 1.88. The maximum atomic E-state index is 5.33. The number of nitrogens with zero attached hydrogens (tertiary/aromatic N) is 2. The molecule has 10 heavy (non-hydrogen) atoms. The zero-order valence-corrected chi connectivity index (χ0v) is 5.83.